The topological polar surface area (TPSA) is 226 Å². The molecule has 103 heavy (non-hydrogen) atoms. The average Bonchev–Trinajstić information content (AvgIpc) is 1.69. The minimum atomic E-state index is -3.75. The van der Waals surface area contributed by atoms with E-state index in [1.165, 1.54) is 7.11 Å². The summed E-state index contributed by atoms with van der Waals surface area (Å²) in [5.74, 6) is 0.761. The van der Waals surface area contributed by atoms with Crippen LogP contribution in [0.2, 0.25) is 103 Å². The van der Waals surface area contributed by atoms with E-state index in [2.05, 4.69) is 130 Å². The number of para-hydroxylation sites is 2. The summed E-state index contributed by atoms with van der Waals surface area (Å²) in [6.07, 6.45) is 18.7. The Bertz CT molecular complexity index is 4190. The molecule has 0 aliphatic heterocycles. The molecular weight excluding hydrogens is 1540 g/mol. The first-order valence-electron chi connectivity index (χ1n) is 35.9. The minimum Gasteiger partial charge on any atom is -0.468 e. The number of halogens is 2. The minimum absolute atomic E-state index is 0.118. The molecule has 2 aliphatic rings. The lowest BCUT2D eigenvalue weighted by atomic mass is 9.79. The highest BCUT2D eigenvalue weighted by atomic mass is 79.9. The molecule has 0 saturated heterocycles. The number of rotatable bonds is 33. The van der Waals surface area contributed by atoms with Crippen LogP contribution >= 0.6 is 43.6 Å². The molecular formula is C73H108Br2N12O10S2Si4. The van der Waals surface area contributed by atoms with Crippen LogP contribution in [0.1, 0.15) is 81.5 Å². The number of aromatic nitrogens is 10. The molecule has 0 radical (unpaired) electrons. The van der Waals surface area contributed by atoms with E-state index in [4.69, 9.17) is 48.6 Å². The molecule has 0 atom stereocenters. The standard InChI is InChI=1S/C37H55BrN6O6SSi2.C36H53BrN6O4SSi2/c1-9-50-36(45)37(51(2,46)47)17-15-28(16-18-37)33-32(38)35(42(26-48-19-21-52(3,4)5)27-49-20-22-53(6,7)8)44-34(41-33)31(24-40-44)29-23-39-43(25-29)30-13-11-10-12-14-30;1-45-35(44)36(48-2)16-14-27(15-17-36)32-31(37)34(41(25-46-18-20-49(3,4)5)26-47-19-21-50(6,7)8)43-33(40-32)30(23-39-43)28-22-38-42(24-28)29-12-10-9-11-13-29/h10-14,23-25,28H,9,15-22,26-27H2,1-8H3;9-13,22-24,27H,14-21,25-26H2,1-8H3. The van der Waals surface area contributed by atoms with Crippen LogP contribution in [0.15, 0.2) is 107 Å². The van der Waals surface area contributed by atoms with Gasteiger partial charge < -0.3 is 38.2 Å². The van der Waals surface area contributed by atoms with Crippen LogP contribution in [0.3, 0.4) is 0 Å². The van der Waals surface area contributed by atoms with Crippen molar-refractivity contribution in [3.63, 3.8) is 0 Å². The number of esters is 2. The highest BCUT2D eigenvalue weighted by Gasteiger charge is 2.52. The van der Waals surface area contributed by atoms with E-state index in [-0.39, 0.29) is 50.7 Å². The van der Waals surface area contributed by atoms with E-state index in [1.54, 1.807) is 24.9 Å². The second-order valence-electron chi connectivity index (χ2n) is 32.1. The van der Waals surface area contributed by atoms with Crippen molar-refractivity contribution in [2.45, 2.75) is 182 Å². The van der Waals surface area contributed by atoms with Crippen LogP contribution in [-0.2, 0) is 47.8 Å². The molecule has 0 bridgehead atoms. The normalized spacial score (nSPS) is 18.4. The number of anilines is 2. The van der Waals surface area contributed by atoms with Gasteiger partial charge in [0.05, 0.1) is 70.2 Å². The summed E-state index contributed by atoms with van der Waals surface area (Å²) < 4.78 is 69.2. The largest absolute Gasteiger partial charge is 0.468 e. The van der Waals surface area contributed by atoms with Gasteiger partial charge in [0.15, 0.2) is 37.5 Å². The first-order valence-corrected chi connectivity index (χ1v) is 55.4. The summed E-state index contributed by atoms with van der Waals surface area (Å²) in [4.78, 5) is 40.9. The van der Waals surface area contributed by atoms with Gasteiger partial charge in [-0.2, -0.15) is 29.4 Å². The van der Waals surface area contributed by atoms with Crippen molar-refractivity contribution in [1.29, 1.82) is 0 Å². The number of fused-ring (bicyclic) bond motifs is 2. The highest BCUT2D eigenvalue weighted by molar-refractivity contribution is 9.11. The van der Waals surface area contributed by atoms with Crippen molar-refractivity contribution in [2.24, 2.45) is 0 Å². The highest BCUT2D eigenvalue weighted by Crippen LogP contribution is 2.49. The maximum absolute atomic E-state index is 13.2. The van der Waals surface area contributed by atoms with Gasteiger partial charge >= 0.3 is 11.9 Å². The number of carbonyl (C=O) groups is 2. The molecule has 2 aliphatic carbocycles. The second kappa shape index (κ2) is 35.1. The summed E-state index contributed by atoms with van der Waals surface area (Å²) in [6, 6.07) is 24.2. The monoisotopic (exact) mass is 1650 g/mol. The number of methoxy groups -OCH3 is 1. The summed E-state index contributed by atoms with van der Waals surface area (Å²) in [5, 5.41) is 19.1. The van der Waals surface area contributed by atoms with E-state index in [9.17, 15) is 18.0 Å². The van der Waals surface area contributed by atoms with Gasteiger partial charge in [-0.15, -0.1) is 11.8 Å². The van der Waals surface area contributed by atoms with E-state index >= 15 is 0 Å². The Morgan fingerprint density at radius 1 is 0.553 bits per heavy atom. The molecule has 6 aromatic heterocycles. The molecule has 0 unspecified atom stereocenters. The molecule has 562 valence electrons. The van der Waals surface area contributed by atoms with E-state index in [1.807, 2.05) is 116 Å². The van der Waals surface area contributed by atoms with Gasteiger partial charge in [-0.3, -0.25) is 9.59 Å². The van der Waals surface area contributed by atoms with Crippen LogP contribution in [0.4, 0.5) is 11.6 Å². The lowest BCUT2D eigenvalue weighted by Gasteiger charge is -2.37. The van der Waals surface area contributed by atoms with E-state index in [0.29, 0.717) is 58.4 Å². The molecule has 6 heterocycles. The van der Waals surface area contributed by atoms with Gasteiger partial charge in [0.1, 0.15) is 31.7 Å². The number of carbonyl (C=O) groups excluding carboxylic acids is 2. The Morgan fingerprint density at radius 2 is 0.913 bits per heavy atom. The molecule has 2 saturated carbocycles. The fraction of sp³-hybridized carbons (Fsp3) is 0.562. The maximum atomic E-state index is 13.2. The summed E-state index contributed by atoms with van der Waals surface area (Å²) in [5.41, 5.74) is 8.48. The first kappa shape index (κ1) is 81.7. The number of ether oxygens (including phenoxy) is 6. The number of hydrogen-bond acceptors (Lipinski definition) is 19. The molecule has 2 fully saturated rings. The summed E-state index contributed by atoms with van der Waals surface area (Å²) in [7, 11) is -7.49. The molecule has 22 nitrogen and oxygen atoms in total. The quantitative estimate of drug-likeness (QED) is 0.0161. The van der Waals surface area contributed by atoms with Crippen molar-refractivity contribution in [3.05, 3.63) is 118 Å². The second-order valence-corrected chi connectivity index (χ2v) is 59.7. The Morgan fingerprint density at radius 3 is 1.23 bits per heavy atom. The van der Waals surface area contributed by atoms with E-state index < -0.39 is 57.6 Å². The predicted octanol–water partition coefficient (Wildman–Crippen LogP) is 16.5. The molecule has 30 heteroatoms. The average molecular weight is 1650 g/mol. The SMILES string of the molecule is CCOC(=O)C1(S(C)(=O)=O)CCC(c2nc3c(-c4cnn(-c5ccccc5)c4)cnn3c(N(COCC[Si](C)(C)C)COCC[Si](C)(C)C)c2Br)CC1.COC(=O)C1(SC)CCC(c2nc3c(-c4cnn(-c5ccccc5)c4)cnn3c(N(COCC[Si](C)(C)C)COCC[Si](C)(C)C)c2Br)CC1. The molecule has 2 aromatic carbocycles. The van der Waals surface area contributed by atoms with Crippen molar-refractivity contribution in [3.8, 4) is 33.6 Å². The summed E-state index contributed by atoms with van der Waals surface area (Å²) >= 11 is 9.59. The zero-order valence-corrected chi connectivity index (χ0v) is 72.1. The Balaban J connectivity index is 0.000000240. The molecule has 10 rings (SSSR count). The van der Waals surface area contributed by atoms with Crippen LogP contribution in [-0.4, -0.2) is 190 Å². The smallest absolute Gasteiger partial charge is 0.327 e. The van der Waals surface area contributed by atoms with Gasteiger partial charge in [0, 0.05) is 111 Å². The number of hydrogen-bond donors (Lipinski definition) is 0. The Hall–Kier alpha value is -5.39. The Labute approximate surface area is 634 Å². The van der Waals surface area contributed by atoms with Crippen LogP contribution in [0.5, 0.6) is 0 Å². The third-order valence-corrected chi connectivity index (χ3v) is 30.9. The van der Waals surface area contributed by atoms with E-state index in [0.717, 1.165) is 127 Å². The third-order valence-electron chi connectivity index (χ3n) is 19.3. The zero-order chi connectivity index (χ0) is 74.7. The molecule has 0 amide bonds. The van der Waals surface area contributed by atoms with Gasteiger partial charge in [-0.1, -0.05) is 115 Å². The lowest BCUT2D eigenvalue weighted by Crippen LogP contribution is -2.49. The van der Waals surface area contributed by atoms with Gasteiger partial charge in [0.2, 0.25) is 0 Å². The number of nitrogens with zero attached hydrogens (tertiary/aromatic N) is 12. The number of thioether (sulfide) groups is 1. The van der Waals surface area contributed by atoms with Crippen molar-refractivity contribution in [2.75, 3.05) is 89.4 Å². The van der Waals surface area contributed by atoms with Crippen molar-refractivity contribution < 1.29 is 46.4 Å². The van der Waals surface area contributed by atoms with Gasteiger partial charge in [-0.25, -0.2) is 27.7 Å². The summed E-state index contributed by atoms with van der Waals surface area (Å²) in [6.45, 7) is 33.9. The van der Waals surface area contributed by atoms with Crippen LogP contribution in [0, 0.1) is 0 Å². The van der Waals surface area contributed by atoms with Gasteiger partial charge in [-0.05, 0) is 145 Å². The third kappa shape index (κ3) is 20.9. The number of sulfone groups is 1. The molecule has 0 N–H and O–H groups in total. The first-order chi connectivity index (χ1) is 48.7. The lowest BCUT2D eigenvalue weighted by molar-refractivity contribution is -0.147. The molecule has 0 spiro atoms. The van der Waals surface area contributed by atoms with Gasteiger partial charge in [0.25, 0.3) is 0 Å². The Kier molecular flexibility index (Phi) is 27.8. The van der Waals surface area contributed by atoms with Crippen LogP contribution in [0.25, 0.3) is 44.9 Å². The zero-order valence-electron chi connectivity index (χ0n) is 63.3. The number of benzene rings is 2. The predicted molar refractivity (Wildman–Crippen MR) is 432 cm³/mol. The van der Waals surface area contributed by atoms with Crippen molar-refractivity contribution >= 4 is 121 Å². The fourth-order valence-electron chi connectivity index (χ4n) is 12.7. The molecule has 8 aromatic rings. The fourth-order valence-corrected chi connectivity index (χ4v) is 19.6. The van der Waals surface area contributed by atoms with Crippen molar-refractivity contribution in [1.82, 2.24) is 48.8 Å². The van der Waals surface area contributed by atoms with Crippen LogP contribution < -0.4 is 9.80 Å². The maximum Gasteiger partial charge on any atom is 0.327 e.